The fourth-order valence-electron chi connectivity index (χ4n) is 2.20. The van der Waals surface area contributed by atoms with Gasteiger partial charge in [0.05, 0.1) is 4.90 Å². The Hall–Kier alpha value is -1.64. The van der Waals surface area contributed by atoms with E-state index in [-0.39, 0.29) is 15.3 Å². The third-order valence-electron chi connectivity index (χ3n) is 3.27. The molecule has 0 bridgehead atoms. The van der Waals surface area contributed by atoms with Gasteiger partial charge in [0.2, 0.25) is 9.84 Å². The van der Waals surface area contributed by atoms with Gasteiger partial charge in [0.15, 0.2) is 5.49 Å². The zero-order chi connectivity index (χ0) is 16.6. The maximum Gasteiger partial charge on any atom is 0.212 e. The number of nitrogens with one attached hydrogen (secondary N) is 1. The summed E-state index contributed by atoms with van der Waals surface area (Å²) in [6.45, 7) is 0. The Morgan fingerprint density at radius 3 is 2.52 bits per heavy atom. The van der Waals surface area contributed by atoms with Gasteiger partial charge in [-0.1, -0.05) is 18.2 Å². The Morgan fingerprint density at radius 2 is 1.87 bits per heavy atom. The molecule has 0 spiro atoms. The van der Waals surface area contributed by atoms with Gasteiger partial charge in [-0.2, -0.15) is 0 Å². The topological polar surface area (TPSA) is 75.3 Å². The average molecular weight is 410 g/mol. The Balaban J connectivity index is 2.41. The molecule has 0 saturated carbocycles. The van der Waals surface area contributed by atoms with E-state index in [0.29, 0.717) is 10.7 Å². The molecule has 2 heterocycles. The average Bonchev–Trinajstić information content (AvgIpc) is 2.55. The van der Waals surface area contributed by atoms with Crippen LogP contribution in [-0.4, -0.2) is 24.1 Å². The first-order chi connectivity index (χ1) is 10.9. The first kappa shape index (κ1) is 16.2. The van der Waals surface area contributed by atoms with Crippen LogP contribution in [0.5, 0.6) is 0 Å². The smallest absolute Gasteiger partial charge is 0.212 e. The van der Waals surface area contributed by atoms with E-state index in [1.165, 1.54) is 28.3 Å². The molecule has 0 amide bonds. The van der Waals surface area contributed by atoms with Crippen LogP contribution in [0.15, 0.2) is 68.0 Å². The number of aromatic nitrogens is 2. The van der Waals surface area contributed by atoms with Crippen molar-refractivity contribution in [2.45, 2.75) is 14.8 Å². The number of benzene rings is 1. The van der Waals surface area contributed by atoms with Gasteiger partial charge in [0.25, 0.3) is 0 Å². The van der Waals surface area contributed by atoms with Gasteiger partial charge in [-0.05, 0) is 46.5 Å². The highest BCUT2D eigenvalue weighted by Crippen LogP contribution is 2.26. The van der Waals surface area contributed by atoms with Crippen LogP contribution in [0.3, 0.4) is 0 Å². The lowest BCUT2D eigenvalue weighted by Gasteiger charge is -2.11. The van der Waals surface area contributed by atoms with Gasteiger partial charge in [0, 0.05) is 10.7 Å². The molecule has 23 heavy (non-hydrogen) atoms. The second-order valence-corrected chi connectivity index (χ2v) is 8.29. The summed E-state index contributed by atoms with van der Waals surface area (Å²) < 4.78 is 28.1. The molecule has 0 aliphatic carbocycles. The molecular weight excluding hydrogens is 398 g/mol. The third kappa shape index (κ3) is 2.82. The molecule has 1 N–H and O–H groups in total. The molecular formula is C15H12BrN3O2S2. The lowest BCUT2D eigenvalue weighted by atomic mass is 10.4. The van der Waals surface area contributed by atoms with Crippen molar-refractivity contribution in [2.24, 2.45) is 0 Å². The largest absolute Gasteiger partial charge is 0.284 e. The van der Waals surface area contributed by atoms with Crippen molar-refractivity contribution in [3.05, 3.63) is 58.6 Å². The van der Waals surface area contributed by atoms with Crippen LogP contribution in [-0.2, 0) is 9.84 Å². The summed E-state index contributed by atoms with van der Waals surface area (Å²) in [4.78, 5) is 4.47. The molecule has 0 atom stereocenters. The normalized spacial score (nSPS) is 11.7. The molecule has 0 saturated heterocycles. The van der Waals surface area contributed by atoms with E-state index in [4.69, 9.17) is 5.41 Å². The second kappa shape index (κ2) is 6.10. The minimum absolute atomic E-state index is 0.0770. The molecule has 0 unspecified atom stereocenters. The Labute approximate surface area is 146 Å². The van der Waals surface area contributed by atoms with Crippen LogP contribution in [0.25, 0.3) is 5.65 Å². The zero-order valence-electron chi connectivity index (χ0n) is 12.0. The van der Waals surface area contributed by atoms with E-state index in [1.54, 1.807) is 42.8 Å². The van der Waals surface area contributed by atoms with E-state index >= 15 is 0 Å². The Kier molecular flexibility index (Phi) is 4.31. The highest BCUT2D eigenvalue weighted by Gasteiger charge is 2.25. The number of nitrogens with zero attached hydrogens (tertiary/aromatic N) is 2. The van der Waals surface area contributed by atoms with E-state index in [1.807, 2.05) is 0 Å². The van der Waals surface area contributed by atoms with Crippen LogP contribution in [0.2, 0.25) is 0 Å². The van der Waals surface area contributed by atoms with Crippen LogP contribution < -0.4 is 5.49 Å². The molecule has 0 radical (unpaired) electrons. The first-order valence-corrected chi connectivity index (χ1v) is 10.1. The molecule has 8 heteroatoms. The predicted molar refractivity (Wildman–Crippen MR) is 92.4 cm³/mol. The zero-order valence-corrected chi connectivity index (χ0v) is 15.2. The number of sulfone groups is 1. The van der Waals surface area contributed by atoms with Crippen molar-refractivity contribution in [3.63, 3.8) is 0 Å². The minimum Gasteiger partial charge on any atom is -0.284 e. The lowest BCUT2D eigenvalue weighted by molar-refractivity contribution is 0.589. The van der Waals surface area contributed by atoms with Crippen molar-refractivity contribution < 1.29 is 8.42 Å². The Morgan fingerprint density at radius 1 is 1.17 bits per heavy atom. The van der Waals surface area contributed by atoms with E-state index in [0.717, 1.165) is 4.47 Å². The molecule has 0 fully saturated rings. The SMILES string of the molecule is CSc1nc2ccc(Br)cn2c(=N)c1S(=O)(=O)c1ccccc1. The second-order valence-electron chi connectivity index (χ2n) is 4.69. The van der Waals surface area contributed by atoms with Gasteiger partial charge in [-0.25, -0.2) is 13.4 Å². The van der Waals surface area contributed by atoms with Crippen molar-refractivity contribution in [1.82, 2.24) is 9.38 Å². The summed E-state index contributed by atoms with van der Waals surface area (Å²) in [6.07, 6.45) is 3.39. The number of fused-ring (bicyclic) bond motifs is 1. The molecule has 2 aromatic heterocycles. The van der Waals surface area contributed by atoms with Gasteiger partial charge in [-0.15, -0.1) is 11.8 Å². The maximum absolute atomic E-state index is 13.0. The quantitative estimate of drug-likeness (QED) is 0.532. The predicted octanol–water partition coefficient (Wildman–Crippen LogP) is 3.13. The fraction of sp³-hybridized carbons (Fsp3) is 0.0667. The molecule has 5 nitrogen and oxygen atoms in total. The van der Waals surface area contributed by atoms with Crippen molar-refractivity contribution in [1.29, 1.82) is 5.41 Å². The van der Waals surface area contributed by atoms with Gasteiger partial charge >= 0.3 is 0 Å². The number of hydrogen-bond donors (Lipinski definition) is 1. The van der Waals surface area contributed by atoms with Crippen LogP contribution in [0.1, 0.15) is 0 Å². The molecule has 3 aromatic rings. The Bertz CT molecular complexity index is 1050. The maximum atomic E-state index is 13.0. The summed E-state index contributed by atoms with van der Waals surface area (Å²) in [6, 6.07) is 11.7. The summed E-state index contributed by atoms with van der Waals surface area (Å²) in [5, 5.41) is 8.72. The van der Waals surface area contributed by atoms with E-state index in [9.17, 15) is 8.42 Å². The van der Waals surface area contributed by atoms with Crippen LogP contribution >= 0.6 is 27.7 Å². The van der Waals surface area contributed by atoms with Crippen LogP contribution in [0, 0.1) is 5.41 Å². The first-order valence-electron chi connectivity index (χ1n) is 6.56. The van der Waals surface area contributed by atoms with Gasteiger partial charge < -0.3 is 0 Å². The molecule has 0 aliphatic rings. The fourth-order valence-corrected chi connectivity index (χ4v) is 4.96. The van der Waals surface area contributed by atoms with E-state index < -0.39 is 9.84 Å². The monoisotopic (exact) mass is 409 g/mol. The number of pyridine rings is 1. The third-order valence-corrected chi connectivity index (χ3v) is 6.37. The number of rotatable bonds is 3. The molecule has 0 aliphatic heterocycles. The number of halogens is 1. The minimum atomic E-state index is -3.82. The highest BCUT2D eigenvalue weighted by atomic mass is 79.9. The van der Waals surface area contributed by atoms with Gasteiger partial charge in [0.1, 0.15) is 15.6 Å². The van der Waals surface area contributed by atoms with Crippen molar-refractivity contribution >= 4 is 43.2 Å². The van der Waals surface area contributed by atoms with Crippen molar-refractivity contribution in [3.8, 4) is 0 Å². The van der Waals surface area contributed by atoms with E-state index in [2.05, 4.69) is 20.9 Å². The van der Waals surface area contributed by atoms with Gasteiger partial charge in [-0.3, -0.25) is 9.81 Å². The molecule has 1 aromatic carbocycles. The van der Waals surface area contributed by atoms with Crippen molar-refractivity contribution in [2.75, 3.05) is 6.26 Å². The number of thioether (sulfide) groups is 1. The number of hydrogen-bond acceptors (Lipinski definition) is 5. The highest BCUT2D eigenvalue weighted by molar-refractivity contribution is 9.10. The van der Waals surface area contributed by atoms with Crippen LogP contribution in [0.4, 0.5) is 0 Å². The lowest BCUT2D eigenvalue weighted by Crippen LogP contribution is -2.24. The summed E-state index contributed by atoms with van der Waals surface area (Å²) in [5.74, 6) is 0. The molecule has 118 valence electrons. The summed E-state index contributed by atoms with van der Waals surface area (Å²) in [5.41, 5.74) is 0.416. The summed E-state index contributed by atoms with van der Waals surface area (Å²) >= 11 is 4.55. The molecule has 3 rings (SSSR count). The standard InChI is InChI=1S/C15H12BrN3O2S2/c1-22-15-13(23(20,21)11-5-3-2-4-6-11)14(17)19-9-10(16)7-8-12(19)18-15/h2-9,17H,1H3. The summed E-state index contributed by atoms with van der Waals surface area (Å²) in [7, 11) is -3.82.